The topological polar surface area (TPSA) is 74.0 Å². The lowest BCUT2D eigenvalue weighted by Gasteiger charge is -2.21. The van der Waals surface area contributed by atoms with Crippen LogP contribution in [-0.2, 0) is 11.2 Å². The Hall–Kier alpha value is -3.16. The molecule has 36 heavy (non-hydrogen) atoms. The second kappa shape index (κ2) is 13.2. The van der Waals surface area contributed by atoms with Crippen LogP contribution >= 0.6 is 23.1 Å². The van der Waals surface area contributed by atoms with Gasteiger partial charge in [-0.15, -0.1) is 23.1 Å². The van der Waals surface area contributed by atoms with Crippen LogP contribution in [0.3, 0.4) is 0 Å². The summed E-state index contributed by atoms with van der Waals surface area (Å²) < 4.78 is 0. The molecule has 1 unspecified atom stereocenters. The van der Waals surface area contributed by atoms with E-state index in [0.717, 1.165) is 54.1 Å². The number of hydrogen-bond acceptors (Lipinski definition) is 6. The number of thioether (sulfide) groups is 1. The predicted molar refractivity (Wildman–Crippen MR) is 152 cm³/mol. The monoisotopic (exact) mass is 517 g/mol. The molecule has 2 aliphatic carbocycles. The van der Waals surface area contributed by atoms with Crippen molar-refractivity contribution in [1.29, 1.82) is 0 Å². The second-order valence-electron chi connectivity index (χ2n) is 8.62. The lowest BCUT2D eigenvalue weighted by atomic mass is 9.91. The number of hydrogen-bond donors (Lipinski definition) is 2. The van der Waals surface area contributed by atoms with Crippen molar-refractivity contribution in [3.8, 4) is 0 Å². The van der Waals surface area contributed by atoms with E-state index in [9.17, 15) is 4.79 Å². The molecule has 1 heterocycles. The van der Waals surface area contributed by atoms with Gasteiger partial charge >= 0.3 is 5.97 Å². The first-order valence-corrected chi connectivity index (χ1v) is 14.0. The highest BCUT2D eigenvalue weighted by molar-refractivity contribution is 7.99. The summed E-state index contributed by atoms with van der Waals surface area (Å²) in [5, 5.41) is 15.7. The number of allylic oxidation sites excluding steroid dienone is 7. The molecule has 5 nitrogen and oxygen atoms in total. The van der Waals surface area contributed by atoms with E-state index < -0.39 is 5.97 Å². The Labute approximate surface area is 221 Å². The van der Waals surface area contributed by atoms with E-state index in [1.54, 1.807) is 18.4 Å². The smallest absolute Gasteiger partial charge is 0.307 e. The van der Waals surface area contributed by atoms with Gasteiger partial charge in [-0.2, -0.15) is 5.10 Å². The number of nitrogens with zero attached hydrogens (tertiary/aromatic N) is 2. The van der Waals surface area contributed by atoms with Crippen molar-refractivity contribution < 1.29 is 9.90 Å². The van der Waals surface area contributed by atoms with Gasteiger partial charge < -0.3 is 5.11 Å². The molecule has 1 aromatic heterocycles. The number of nitrogens with one attached hydrogen (secondary N) is 1. The highest BCUT2D eigenvalue weighted by Gasteiger charge is 2.18. The number of benzene rings is 1. The summed E-state index contributed by atoms with van der Waals surface area (Å²) in [4.78, 5) is 17.7. The van der Waals surface area contributed by atoms with Crippen molar-refractivity contribution in [2.75, 3.05) is 12.8 Å². The predicted octanol–water partition coefficient (Wildman–Crippen LogP) is 6.78. The maximum Gasteiger partial charge on any atom is 0.307 e. The molecule has 0 saturated carbocycles. The Kier molecular flexibility index (Phi) is 9.53. The maximum atomic E-state index is 10.8. The largest absolute Gasteiger partial charge is 0.481 e. The molecule has 0 spiro atoms. The van der Waals surface area contributed by atoms with Crippen LogP contribution in [0.4, 0.5) is 0 Å². The minimum Gasteiger partial charge on any atom is -0.481 e. The first kappa shape index (κ1) is 25.9. The number of carbonyl (C=O) groups is 1. The quantitative estimate of drug-likeness (QED) is 0.149. The molecular formula is C29H31N3O2S2. The summed E-state index contributed by atoms with van der Waals surface area (Å²) in [5.41, 5.74) is 8.31. The van der Waals surface area contributed by atoms with E-state index in [1.165, 1.54) is 15.3 Å². The Morgan fingerprint density at radius 1 is 1.14 bits per heavy atom. The molecule has 2 aliphatic rings. The van der Waals surface area contributed by atoms with Crippen molar-refractivity contribution >= 4 is 40.5 Å². The molecule has 0 saturated heterocycles. The van der Waals surface area contributed by atoms with E-state index in [2.05, 4.69) is 45.2 Å². The number of carboxylic acid groups (broad SMARTS) is 1. The van der Waals surface area contributed by atoms with E-state index in [-0.39, 0.29) is 6.42 Å². The number of thiophene rings is 1. The zero-order valence-electron chi connectivity index (χ0n) is 20.4. The van der Waals surface area contributed by atoms with Gasteiger partial charge in [0.2, 0.25) is 0 Å². The van der Waals surface area contributed by atoms with Crippen LogP contribution in [0, 0.1) is 0 Å². The zero-order valence-corrected chi connectivity index (χ0v) is 22.0. The average molecular weight is 518 g/mol. The van der Waals surface area contributed by atoms with Crippen LogP contribution in [-0.4, -0.2) is 35.3 Å². The van der Waals surface area contributed by atoms with Crippen LogP contribution in [0.15, 0.2) is 104 Å². The second-order valence-corrected chi connectivity index (χ2v) is 10.8. The van der Waals surface area contributed by atoms with Crippen LogP contribution in [0.5, 0.6) is 0 Å². The normalized spacial score (nSPS) is 19.4. The molecule has 186 valence electrons. The molecule has 2 aromatic rings. The molecule has 1 atom stereocenters. The molecule has 1 aromatic carbocycles. The van der Waals surface area contributed by atoms with Gasteiger partial charge in [0.25, 0.3) is 0 Å². The van der Waals surface area contributed by atoms with Gasteiger partial charge in [0.1, 0.15) is 5.71 Å². The van der Waals surface area contributed by atoms with Crippen LogP contribution < -0.4 is 5.43 Å². The number of unbranched alkanes of at least 4 members (excludes halogenated alkanes) is 1. The summed E-state index contributed by atoms with van der Waals surface area (Å²) in [5.74, 6) is 0.609. The third-order valence-corrected chi connectivity index (χ3v) is 8.15. The molecule has 0 aliphatic heterocycles. The van der Waals surface area contributed by atoms with E-state index >= 15 is 0 Å². The van der Waals surface area contributed by atoms with Crippen LogP contribution in [0.25, 0.3) is 0 Å². The summed E-state index contributed by atoms with van der Waals surface area (Å²) in [6.45, 7) is 0. The molecular weight excluding hydrogens is 486 g/mol. The molecule has 0 bridgehead atoms. The first-order valence-electron chi connectivity index (χ1n) is 12.2. The van der Waals surface area contributed by atoms with Crippen molar-refractivity contribution in [2.45, 2.75) is 42.9 Å². The van der Waals surface area contributed by atoms with Gasteiger partial charge in [-0.1, -0.05) is 42.5 Å². The van der Waals surface area contributed by atoms with Gasteiger partial charge in [0, 0.05) is 22.7 Å². The fraction of sp³-hybridized carbons (Fsp3) is 0.276. The van der Waals surface area contributed by atoms with E-state index in [0.29, 0.717) is 5.92 Å². The van der Waals surface area contributed by atoms with Crippen LogP contribution in [0.1, 0.15) is 42.0 Å². The summed E-state index contributed by atoms with van der Waals surface area (Å²) >= 11 is 3.62. The van der Waals surface area contributed by atoms with E-state index in [4.69, 9.17) is 5.11 Å². The molecule has 2 N–H and O–H groups in total. The highest BCUT2D eigenvalue weighted by atomic mass is 32.2. The van der Waals surface area contributed by atoms with Gasteiger partial charge in [-0.3, -0.25) is 15.2 Å². The van der Waals surface area contributed by atoms with Gasteiger partial charge in [0.15, 0.2) is 0 Å². The van der Waals surface area contributed by atoms with Crippen molar-refractivity contribution in [1.82, 2.24) is 5.43 Å². The standard InChI is InChI=1S/C29H31N3O2S2/c1-30-25-8-2-3-9-26(25)31-32-27-20-23(28-10-6-18-36-28)14-13-22(27)7-4-5-17-35-24-15-11-21(12-16-24)19-29(33)34/h2-3,6,8-13,15-16,18,20,23,32H,4-5,7,14,17,19H2,1H3,(H,33,34)/b30-25-,31-26-. The van der Waals surface area contributed by atoms with Gasteiger partial charge in [-0.05, 0) is 78.3 Å². The Balaban J connectivity index is 1.33. The number of hydrazone groups is 1. The number of carboxylic acids is 1. The third-order valence-electron chi connectivity index (χ3n) is 6.05. The van der Waals surface area contributed by atoms with Crippen molar-refractivity contribution in [3.63, 3.8) is 0 Å². The van der Waals surface area contributed by atoms with E-state index in [1.807, 2.05) is 60.3 Å². The number of rotatable bonds is 11. The number of aliphatic imine (C=N–C) groups is 1. The van der Waals surface area contributed by atoms with Crippen LogP contribution in [0.2, 0.25) is 0 Å². The fourth-order valence-electron chi connectivity index (χ4n) is 4.16. The minimum atomic E-state index is -0.797. The first-order chi connectivity index (χ1) is 17.6. The molecule has 0 fully saturated rings. The van der Waals surface area contributed by atoms with Crippen molar-refractivity contribution in [3.05, 3.63) is 99.9 Å². The molecule has 0 radical (unpaired) electrons. The summed E-state index contributed by atoms with van der Waals surface area (Å²) in [6, 6.07) is 12.2. The molecule has 0 amide bonds. The Bertz CT molecular complexity index is 1220. The Morgan fingerprint density at radius 3 is 2.67 bits per heavy atom. The lowest BCUT2D eigenvalue weighted by Crippen LogP contribution is -2.19. The highest BCUT2D eigenvalue weighted by Crippen LogP contribution is 2.34. The zero-order chi connectivity index (χ0) is 25.2. The van der Waals surface area contributed by atoms with Gasteiger partial charge in [0.05, 0.1) is 17.8 Å². The number of aliphatic carboxylic acids is 1. The summed E-state index contributed by atoms with van der Waals surface area (Å²) in [7, 11) is 1.79. The fourth-order valence-corrected chi connectivity index (χ4v) is 5.88. The molecule has 7 heteroatoms. The average Bonchev–Trinajstić information content (AvgIpc) is 3.43. The third kappa shape index (κ3) is 7.42. The molecule has 4 rings (SSSR count). The SMILES string of the molecule is C/N=C1/C=CC=C/C1=N/NC1=CC(c2cccs2)CC=C1CCCCSc1ccc(CC(=O)O)cc1. The Morgan fingerprint density at radius 2 is 1.94 bits per heavy atom. The van der Waals surface area contributed by atoms with Crippen molar-refractivity contribution in [2.24, 2.45) is 10.1 Å². The van der Waals surface area contributed by atoms with Gasteiger partial charge in [-0.25, -0.2) is 0 Å². The maximum absolute atomic E-state index is 10.8. The lowest BCUT2D eigenvalue weighted by molar-refractivity contribution is -0.136. The minimum absolute atomic E-state index is 0.0718. The summed E-state index contributed by atoms with van der Waals surface area (Å²) in [6.07, 6.45) is 16.9.